The van der Waals surface area contributed by atoms with Crippen LogP contribution in [0.2, 0.25) is 0 Å². The summed E-state index contributed by atoms with van der Waals surface area (Å²) in [5.41, 5.74) is 0. The van der Waals surface area contributed by atoms with E-state index >= 15 is 0 Å². The third-order valence-corrected chi connectivity index (χ3v) is 4.67. The Morgan fingerprint density at radius 2 is 2.18 bits per heavy atom. The summed E-state index contributed by atoms with van der Waals surface area (Å²) in [7, 11) is 0. The largest absolute Gasteiger partial charge is 0.244 e. The molecular formula is C6H2Br2N2S. The smallest absolute Gasteiger partial charge is 0.128 e. The molecule has 0 aliphatic heterocycles. The minimum Gasteiger partial charge on any atom is -0.244 e. The van der Waals surface area contributed by atoms with Gasteiger partial charge in [-0.15, -0.1) is 11.3 Å². The second kappa shape index (κ2) is 2.80. The molecule has 0 amide bonds. The van der Waals surface area contributed by atoms with Crippen molar-refractivity contribution in [1.29, 1.82) is 0 Å². The predicted molar refractivity (Wildman–Crippen MR) is 52.8 cm³/mol. The summed E-state index contributed by atoms with van der Waals surface area (Å²) in [5, 5.41) is 1.06. The van der Waals surface area contributed by atoms with E-state index in [9.17, 15) is 0 Å². The van der Waals surface area contributed by atoms with Crippen LogP contribution in [0.4, 0.5) is 0 Å². The Morgan fingerprint density at radius 3 is 2.91 bits per heavy atom. The van der Waals surface area contributed by atoms with Crippen LogP contribution >= 0.6 is 43.2 Å². The van der Waals surface area contributed by atoms with Crippen LogP contribution in [0.15, 0.2) is 20.8 Å². The van der Waals surface area contributed by atoms with E-state index in [1.807, 2.05) is 0 Å². The number of thiophene rings is 1. The third kappa shape index (κ3) is 1.21. The molecule has 0 aromatic carbocycles. The maximum Gasteiger partial charge on any atom is 0.128 e. The monoisotopic (exact) mass is 292 g/mol. The van der Waals surface area contributed by atoms with E-state index < -0.39 is 0 Å². The highest BCUT2D eigenvalue weighted by molar-refractivity contribution is 9.13. The van der Waals surface area contributed by atoms with Crippen molar-refractivity contribution in [2.75, 3.05) is 0 Å². The quantitative estimate of drug-likeness (QED) is 0.745. The van der Waals surface area contributed by atoms with Crippen LogP contribution in [0.3, 0.4) is 0 Å². The Bertz CT molecular complexity index is 398. The van der Waals surface area contributed by atoms with Gasteiger partial charge in [0.05, 0.1) is 8.26 Å². The highest BCUT2D eigenvalue weighted by Gasteiger charge is 2.06. The molecule has 0 unspecified atom stereocenters. The highest BCUT2D eigenvalue weighted by Crippen LogP contribution is 2.37. The summed E-state index contributed by atoms with van der Waals surface area (Å²) in [6.45, 7) is 0. The number of aromatic nitrogens is 2. The minimum absolute atomic E-state index is 0.999. The first kappa shape index (κ1) is 7.64. The maximum absolute atomic E-state index is 4.11. The number of fused-ring (bicyclic) bond motifs is 1. The normalized spacial score (nSPS) is 10.7. The topological polar surface area (TPSA) is 25.8 Å². The zero-order valence-electron chi connectivity index (χ0n) is 5.21. The molecule has 2 heterocycles. The van der Waals surface area contributed by atoms with E-state index in [-0.39, 0.29) is 0 Å². The first-order valence-electron chi connectivity index (χ1n) is 2.82. The van der Waals surface area contributed by atoms with E-state index in [0.717, 1.165) is 18.5 Å². The fourth-order valence-corrected chi connectivity index (χ4v) is 2.86. The van der Waals surface area contributed by atoms with Gasteiger partial charge < -0.3 is 0 Å². The van der Waals surface area contributed by atoms with Gasteiger partial charge in [0.2, 0.25) is 0 Å². The second-order valence-corrected chi connectivity index (χ2v) is 5.04. The lowest BCUT2D eigenvalue weighted by Crippen LogP contribution is -1.73. The lowest BCUT2D eigenvalue weighted by atomic mass is 10.4. The van der Waals surface area contributed by atoms with Gasteiger partial charge in [-0.2, -0.15) is 0 Å². The van der Waals surface area contributed by atoms with Crippen molar-refractivity contribution in [3.63, 3.8) is 0 Å². The van der Waals surface area contributed by atoms with Gasteiger partial charge in [-0.3, -0.25) is 0 Å². The number of nitrogens with zero attached hydrogens (tertiary/aromatic N) is 2. The molecule has 0 aliphatic carbocycles. The Hall–Kier alpha value is -0.000000000000000111. The summed E-state index contributed by atoms with van der Waals surface area (Å²) in [6.07, 6.45) is 3.35. The summed E-state index contributed by atoms with van der Waals surface area (Å²) in [5.74, 6) is 0. The summed E-state index contributed by atoms with van der Waals surface area (Å²) < 4.78 is 2.10. The molecule has 2 aromatic rings. The van der Waals surface area contributed by atoms with Crippen molar-refractivity contribution < 1.29 is 0 Å². The zero-order valence-corrected chi connectivity index (χ0v) is 9.20. The molecule has 0 radical (unpaired) electrons. The number of rotatable bonds is 0. The van der Waals surface area contributed by atoms with Crippen molar-refractivity contribution >= 4 is 53.4 Å². The molecule has 0 aliphatic rings. The summed E-state index contributed by atoms with van der Waals surface area (Å²) in [4.78, 5) is 9.04. The molecular weight excluding hydrogens is 292 g/mol. The molecule has 5 heteroatoms. The Morgan fingerprint density at radius 1 is 1.36 bits per heavy atom. The summed E-state index contributed by atoms with van der Waals surface area (Å²) in [6, 6.07) is 0. The Balaban J connectivity index is 2.92. The van der Waals surface area contributed by atoms with E-state index in [4.69, 9.17) is 0 Å². The number of hydrogen-bond acceptors (Lipinski definition) is 3. The minimum atomic E-state index is 0.999. The first-order chi connectivity index (χ1) is 5.29. The van der Waals surface area contributed by atoms with E-state index in [1.165, 1.54) is 0 Å². The fourth-order valence-electron chi connectivity index (χ4n) is 0.786. The van der Waals surface area contributed by atoms with Gasteiger partial charge in [0.1, 0.15) is 11.2 Å². The first-order valence-corrected chi connectivity index (χ1v) is 5.23. The molecule has 0 N–H and O–H groups in total. The maximum atomic E-state index is 4.11. The molecule has 0 fully saturated rings. The van der Waals surface area contributed by atoms with Gasteiger partial charge >= 0.3 is 0 Å². The van der Waals surface area contributed by atoms with Crippen molar-refractivity contribution in [1.82, 2.24) is 9.97 Å². The highest BCUT2D eigenvalue weighted by atomic mass is 79.9. The van der Waals surface area contributed by atoms with Crippen molar-refractivity contribution in [2.45, 2.75) is 0 Å². The molecule has 0 spiro atoms. The van der Waals surface area contributed by atoms with Gasteiger partial charge in [-0.1, -0.05) is 0 Å². The molecule has 0 atom stereocenters. The lowest BCUT2D eigenvalue weighted by molar-refractivity contribution is 1.23. The molecule has 0 bridgehead atoms. The molecule has 2 rings (SSSR count). The summed E-state index contributed by atoms with van der Waals surface area (Å²) >= 11 is 8.44. The molecule has 2 aromatic heterocycles. The van der Waals surface area contributed by atoms with Gasteiger partial charge in [0, 0.05) is 11.6 Å². The number of halogens is 2. The van der Waals surface area contributed by atoms with E-state index in [1.54, 1.807) is 23.9 Å². The Labute approximate surface area is 83.9 Å². The predicted octanol–water partition coefficient (Wildman–Crippen LogP) is 3.22. The fraction of sp³-hybridized carbons (Fsp3) is 0. The Kier molecular flexibility index (Phi) is 1.95. The molecule has 0 saturated heterocycles. The molecule has 11 heavy (non-hydrogen) atoms. The third-order valence-electron chi connectivity index (χ3n) is 1.27. The van der Waals surface area contributed by atoms with Crippen LogP contribution in [-0.4, -0.2) is 9.97 Å². The second-order valence-electron chi connectivity index (χ2n) is 1.93. The van der Waals surface area contributed by atoms with E-state index in [0.29, 0.717) is 0 Å². The van der Waals surface area contributed by atoms with Crippen LogP contribution in [0.5, 0.6) is 0 Å². The van der Waals surface area contributed by atoms with Crippen LogP contribution < -0.4 is 0 Å². The average Bonchev–Trinajstić information content (AvgIpc) is 2.30. The van der Waals surface area contributed by atoms with Crippen LogP contribution in [0.1, 0.15) is 0 Å². The molecule has 0 saturated carbocycles. The van der Waals surface area contributed by atoms with Crippen LogP contribution in [0.25, 0.3) is 10.2 Å². The lowest BCUT2D eigenvalue weighted by Gasteiger charge is -1.84. The standard InChI is InChI=1S/C6H2Br2N2S/c7-4-3-1-9-2-10-6(3)11-5(4)8/h1-2H. The molecule has 2 nitrogen and oxygen atoms in total. The van der Waals surface area contributed by atoms with Crippen molar-refractivity contribution in [2.24, 2.45) is 0 Å². The zero-order chi connectivity index (χ0) is 7.84. The number of hydrogen-bond donors (Lipinski definition) is 0. The van der Waals surface area contributed by atoms with Gasteiger partial charge in [-0.25, -0.2) is 9.97 Å². The van der Waals surface area contributed by atoms with E-state index in [2.05, 4.69) is 41.8 Å². The van der Waals surface area contributed by atoms with Crippen LogP contribution in [0, 0.1) is 0 Å². The van der Waals surface area contributed by atoms with Gasteiger partial charge in [-0.05, 0) is 31.9 Å². The van der Waals surface area contributed by atoms with Crippen LogP contribution in [-0.2, 0) is 0 Å². The van der Waals surface area contributed by atoms with Crippen molar-refractivity contribution in [3.05, 3.63) is 20.8 Å². The van der Waals surface area contributed by atoms with Gasteiger partial charge in [0.25, 0.3) is 0 Å². The van der Waals surface area contributed by atoms with Gasteiger partial charge in [0.15, 0.2) is 0 Å². The SMILES string of the molecule is Brc1sc2ncncc2c1Br. The average molecular weight is 294 g/mol. The van der Waals surface area contributed by atoms with Crippen molar-refractivity contribution in [3.8, 4) is 0 Å². The molecule has 56 valence electrons.